The van der Waals surface area contributed by atoms with E-state index >= 15 is 0 Å². The summed E-state index contributed by atoms with van der Waals surface area (Å²) in [6, 6.07) is 0.573. The van der Waals surface area contributed by atoms with Gasteiger partial charge in [0.05, 0.1) is 6.54 Å². The highest BCUT2D eigenvalue weighted by atomic mass is 19.3. The molecule has 0 aromatic heterocycles. The van der Waals surface area contributed by atoms with E-state index in [4.69, 9.17) is 0 Å². The summed E-state index contributed by atoms with van der Waals surface area (Å²) in [6.07, 6.45) is -2.22. The molecular weight excluding hydrogens is 186 g/mol. The number of hydrogen-bond acceptors (Lipinski definition) is 2. The summed E-state index contributed by atoms with van der Waals surface area (Å²) in [5.74, 6) is 0.502. The van der Waals surface area contributed by atoms with Crippen molar-refractivity contribution in [1.29, 1.82) is 0 Å². The lowest BCUT2D eigenvalue weighted by molar-refractivity contribution is 0.0422. The Morgan fingerprint density at radius 1 is 1.43 bits per heavy atom. The van der Waals surface area contributed by atoms with E-state index in [-0.39, 0.29) is 12.6 Å². The first kappa shape index (κ1) is 11.9. The van der Waals surface area contributed by atoms with Crippen molar-refractivity contribution in [2.24, 2.45) is 5.92 Å². The maximum absolute atomic E-state index is 12.3. The minimum absolute atomic E-state index is 0.0912. The number of hydrogen-bond donors (Lipinski definition) is 1. The average Bonchev–Trinajstić information content (AvgIpc) is 2.07. The molecule has 1 fully saturated rings. The molecule has 0 spiro atoms. The molecule has 0 aliphatic carbocycles. The Morgan fingerprint density at radius 2 is 2.07 bits per heavy atom. The van der Waals surface area contributed by atoms with Crippen LogP contribution in [0.4, 0.5) is 8.78 Å². The van der Waals surface area contributed by atoms with Crippen LogP contribution in [0.5, 0.6) is 0 Å². The molecule has 0 saturated carbocycles. The van der Waals surface area contributed by atoms with E-state index in [1.807, 2.05) is 11.8 Å². The van der Waals surface area contributed by atoms with E-state index in [2.05, 4.69) is 19.2 Å². The molecule has 1 heterocycles. The number of nitrogens with zero attached hydrogens (tertiary/aromatic N) is 1. The van der Waals surface area contributed by atoms with Crippen molar-refractivity contribution in [1.82, 2.24) is 10.2 Å². The number of rotatable bonds is 3. The molecule has 1 rings (SSSR count). The molecule has 1 aliphatic rings. The fraction of sp³-hybridized carbons (Fsp3) is 1.00. The van der Waals surface area contributed by atoms with Crippen LogP contribution in [0.25, 0.3) is 0 Å². The van der Waals surface area contributed by atoms with Gasteiger partial charge in [0.25, 0.3) is 6.43 Å². The van der Waals surface area contributed by atoms with Crippen LogP contribution in [0, 0.1) is 5.92 Å². The number of piperazine rings is 1. The minimum atomic E-state index is -2.22. The summed E-state index contributed by atoms with van der Waals surface area (Å²) in [5.41, 5.74) is 0. The molecule has 0 aromatic rings. The third-order valence-electron chi connectivity index (χ3n) is 2.91. The van der Waals surface area contributed by atoms with Crippen LogP contribution in [0.1, 0.15) is 20.8 Å². The quantitative estimate of drug-likeness (QED) is 0.754. The lowest BCUT2D eigenvalue weighted by Crippen LogP contribution is -2.57. The van der Waals surface area contributed by atoms with Gasteiger partial charge in [-0.1, -0.05) is 13.8 Å². The Balaban J connectivity index is 2.46. The largest absolute Gasteiger partial charge is 0.311 e. The van der Waals surface area contributed by atoms with E-state index in [9.17, 15) is 8.78 Å². The predicted molar refractivity (Wildman–Crippen MR) is 53.7 cm³/mol. The third-order valence-corrected chi connectivity index (χ3v) is 2.91. The van der Waals surface area contributed by atoms with Crippen LogP contribution in [0.2, 0.25) is 0 Å². The number of alkyl halides is 2. The second-order valence-electron chi connectivity index (χ2n) is 4.45. The number of halogens is 2. The highest BCUT2D eigenvalue weighted by molar-refractivity contribution is 4.85. The molecule has 0 radical (unpaired) electrons. The van der Waals surface area contributed by atoms with Crippen LogP contribution in [0.3, 0.4) is 0 Å². The number of nitrogens with one attached hydrogen (secondary N) is 1. The molecule has 4 heteroatoms. The molecule has 14 heavy (non-hydrogen) atoms. The molecule has 1 saturated heterocycles. The molecule has 0 aromatic carbocycles. The van der Waals surface area contributed by atoms with Gasteiger partial charge in [-0.15, -0.1) is 0 Å². The molecule has 1 N–H and O–H groups in total. The van der Waals surface area contributed by atoms with Crippen molar-refractivity contribution in [3.8, 4) is 0 Å². The molecule has 2 nitrogen and oxygen atoms in total. The van der Waals surface area contributed by atoms with Crippen molar-refractivity contribution in [2.75, 3.05) is 19.6 Å². The zero-order valence-corrected chi connectivity index (χ0v) is 9.13. The summed E-state index contributed by atoms with van der Waals surface area (Å²) >= 11 is 0. The molecule has 0 amide bonds. The Labute approximate surface area is 84.7 Å². The first-order chi connectivity index (χ1) is 6.50. The third kappa shape index (κ3) is 3.17. The van der Waals surface area contributed by atoms with Gasteiger partial charge in [0.15, 0.2) is 0 Å². The summed E-state index contributed by atoms with van der Waals surface area (Å²) in [6.45, 7) is 7.69. The van der Waals surface area contributed by atoms with Crippen LogP contribution in [0.15, 0.2) is 0 Å². The molecule has 84 valence electrons. The second-order valence-corrected chi connectivity index (χ2v) is 4.45. The highest BCUT2D eigenvalue weighted by Gasteiger charge is 2.28. The van der Waals surface area contributed by atoms with Gasteiger partial charge in [-0.25, -0.2) is 8.78 Å². The average molecular weight is 206 g/mol. The molecular formula is C10H20F2N2. The molecule has 2 atom stereocenters. The van der Waals surface area contributed by atoms with Crippen molar-refractivity contribution in [3.05, 3.63) is 0 Å². The topological polar surface area (TPSA) is 15.3 Å². The van der Waals surface area contributed by atoms with Crippen LogP contribution in [-0.4, -0.2) is 43.0 Å². The first-order valence-corrected chi connectivity index (χ1v) is 5.26. The van der Waals surface area contributed by atoms with Gasteiger partial charge in [-0.3, -0.25) is 4.90 Å². The smallest absolute Gasteiger partial charge is 0.251 e. The maximum atomic E-state index is 12.3. The van der Waals surface area contributed by atoms with Gasteiger partial charge >= 0.3 is 0 Å². The van der Waals surface area contributed by atoms with E-state index in [1.165, 1.54) is 0 Å². The second kappa shape index (κ2) is 5.03. The van der Waals surface area contributed by atoms with Gasteiger partial charge in [-0.05, 0) is 12.8 Å². The monoisotopic (exact) mass is 206 g/mol. The zero-order chi connectivity index (χ0) is 10.7. The predicted octanol–water partition coefficient (Wildman–Crippen LogP) is 1.57. The highest BCUT2D eigenvalue weighted by Crippen LogP contribution is 2.13. The fourth-order valence-corrected chi connectivity index (χ4v) is 1.83. The Morgan fingerprint density at radius 3 is 2.57 bits per heavy atom. The zero-order valence-electron chi connectivity index (χ0n) is 9.13. The standard InChI is InChI=1S/C10H20F2N2/c1-7(2)9-5-14(6-10(11)12)8(3)4-13-9/h7-10,13H,4-6H2,1-3H3. The van der Waals surface area contributed by atoms with E-state index in [1.54, 1.807) is 0 Å². The summed E-state index contributed by atoms with van der Waals surface area (Å²) in [7, 11) is 0. The molecule has 2 unspecified atom stereocenters. The van der Waals surface area contributed by atoms with Gasteiger partial charge in [-0.2, -0.15) is 0 Å². The fourth-order valence-electron chi connectivity index (χ4n) is 1.83. The van der Waals surface area contributed by atoms with E-state index in [0.29, 0.717) is 12.0 Å². The Kier molecular flexibility index (Phi) is 4.26. The summed E-state index contributed by atoms with van der Waals surface area (Å²) in [4.78, 5) is 1.88. The SMILES string of the molecule is CC(C)C1CN(CC(F)F)C(C)CN1. The van der Waals surface area contributed by atoms with Gasteiger partial charge in [0.2, 0.25) is 0 Å². The van der Waals surface area contributed by atoms with Crippen molar-refractivity contribution < 1.29 is 8.78 Å². The van der Waals surface area contributed by atoms with Crippen LogP contribution >= 0.6 is 0 Å². The summed E-state index contributed by atoms with van der Waals surface area (Å²) in [5, 5.41) is 3.38. The molecule has 1 aliphatic heterocycles. The molecule has 0 bridgehead atoms. The summed E-state index contributed by atoms with van der Waals surface area (Å²) < 4.78 is 24.5. The van der Waals surface area contributed by atoms with E-state index in [0.717, 1.165) is 13.1 Å². The lowest BCUT2D eigenvalue weighted by atomic mass is 10.00. The van der Waals surface area contributed by atoms with E-state index < -0.39 is 6.43 Å². The normalized spacial score (nSPS) is 30.2. The van der Waals surface area contributed by atoms with Crippen molar-refractivity contribution >= 4 is 0 Å². The van der Waals surface area contributed by atoms with Gasteiger partial charge < -0.3 is 5.32 Å². The van der Waals surface area contributed by atoms with Gasteiger partial charge in [0, 0.05) is 25.2 Å². The minimum Gasteiger partial charge on any atom is -0.311 e. The first-order valence-electron chi connectivity index (χ1n) is 5.26. The lowest BCUT2D eigenvalue weighted by Gasteiger charge is -2.40. The Bertz CT molecular complexity index is 174. The maximum Gasteiger partial charge on any atom is 0.251 e. The van der Waals surface area contributed by atoms with Crippen LogP contribution < -0.4 is 5.32 Å². The van der Waals surface area contributed by atoms with Gasteiger partial charge in [0.1, 0.15) is 0 Å². The van der Waals surface area contributed by atoms with Crippen molar-refractivity contribution in [2.45, 2.75) is 39.3 Å². The van der Waals surface area contributed by atoms with Crippen LogP contribution in [-0.2, 0) is 0 Å². The van der Waals surface area contributed by atoms with Crippen molar-refractivity contribution in [3.63, 3.8) is 0 Å². The Hall–Kier alpha value is -0.220.